The van der Waals surface area contributed by atoms with Crippen LogP contribution in [0.1, 0.15) is 67.2 Å². The number of nitrogens with one attached hydrogen (secondary N) is 1. The highest BCUT2D eigenvalue weighted by Gasteiger charge is 2.32. The summed E-state index contributed by atoms with van der Waals surface area (Å²) in [4.78, 5) is 29.8. The van der Waals surface area contributed by atoms with E-state index in [1.165, 1.54) is 10.7 Å². The van der Waals surface area contributed by atoms with Crippen LogP contribution in [0.3, 0.4) is 0 Å². The fourth-order valence-electron chi connectivity index (χ4n) is 5.95. The third-order valence-corrected chi connectivity index (χ3v) is 9.91. The summed E-state index contributed by atoms with van der Waals surface area (Å²) in [6, 6.07) is 22.3. The first-order valence-electron chi connectivity index (χ1n) is 15.4. The van der Waals surface area contributed by atoms with Crippen LogP contribution in [-0.4, -0.2) is 50.0 Å². The van der Waals surface area contributed by atoms with Crippen molar-refractivity contribution in [3.63, 3.8) is 0 Å². The van der Waals surface area contributed by atoms with Crippen LogP contribution < -0.4 is 9.62 Å². The van der Waals surface area contributed by atoms with E-state index in [1.807, 2.05) is 61.5 Å². The van der Waals surface area contributed by atoms with Crippen molar-refractivity contribution in [1.29, 1.82) is 0 Å². The largest absolute Gasteiger partial charge is 0.352 e. The van der Waals surface area contributed by atoms with Crippen LogP contribution in [0, 0.1) is 13.8 Å². The summed E-state index contributed by atoms with van der Waals surface area (Å²) in [6.07, 6.45) is 7.14. The maximum absolute atomic E-state index is 14.1. The molecule has 1 atom stereocenters. The maximum atomic E-state index is 14.1. The second kappa shape index (κ2) is 15.6. The van der Waals surface area contributed by atoms with Gasteiger partial charge in [-0.15, -0.1) is 0 Å². The molecule has 1 aliphatic carbocycles. The van der Waals surface area contributed by atoms with Gasteiger partial charge in [0.2, 0.25) is 21.8 Å². The molecule has 0 aliphatic heterocycles. The molecule has 9 heteroatoms. The van der Waals surface area contributed by atoms with Gasteiger partial charge in [0.25, 0.3) is 0 Å². The highest BCUT2D eigenvalue weighted by molar-refractivity contribution is 7.92. The van der Waals surface area contributed by atoms with Gasteiger partial charge in [0.1, 0.15) is 6.04 Å². The van der Waals surface area contributed by atoms with Gasteiger partial charge in [-0.25, -0.2) is 8.42 Å². The minimum absolute atomic E-state index is 0.0828. The molecular formula is C35H44ClN3O4S. The third kappa shape index (κ3) is 9.32. The summed E-state index contributed by atoms with van der Waals surface area (Å²) < 4.78 is 26.9. The highest BCUT2D eigenvalue weighted by Crippen LogP contribution is 2.29. The van der Waals surface area contributed by atoms with E-state index >= 15 is 0 Å². The van der Waals surface area contributed by atoms with Crippen LogP contribution in [-0.2, 0) is 32.6 Å². The molecule has 1 aliphatic rings. The minimum Gasteiger partial charge on any atom is -0.352 e. The molecule has 1 fully saturated rings. The molecule has 0 bridgehead atoms. The molecule has 44 heavy (non-hydrogen) atoms. The predicted molar refractivity (Wildman–Crippen MR) is 178 cm³/mol. The number of benzene rings is 3. The Bertz CT molecular complexity index is 1520. The molecule has 0 radical (unpaired) electrons. The number of carbonyl (C=O) groups excluding carboxylic acids is 2. The fraction of sp³-hybridized carbons (Fsp3) is 0.429. The number of carbonyl (C=O) groups is 2. The van der Waals surface area contributed by atoms with Crippen molar-refractivity contribution in [2.45, 2.75) is 83.8 Å². The molecule has 2 amide bonds. The van der Waals surface area contributed by atoms with E-state index in [2.05, 4.69) is 5.32 Å². The zero-order chi connectivity index (χ0) is 31.7. The van der Waals surface area contributed by atoms with E-state index in [1.54, 1.807) is 30.0 Å². The molecule has 1 N–H and O–H groups in total. The Morgan fingerprint density at radius 1 is 0.932 bits per heavy atom. The molecule has 1 saturated carbocycles. The summed E-state index contributed by atoms with van der Waals surface area (Å²) >= 11 is 6.30. The summed E-state index contributed by atoms with van der Waals surface area (Å²) in [7, 11) is -3.63. The number of amides is 2. The average Bonchev–Trinajstić information content (AvgIpc) is 2.99. The standard InChI is InChI=1S/C35H44ClN3O4S/c1-26-13-10-16-29(23-26)25-38(33(24-28-14-6-4-7-15-28)35(41)37-30-17-8-5-9-18-30)34(40)21-12-22-39(44(3,42)43)32-20-11-19-31(36)27(32)2/h4,6-7,10-11,13-16,19-20,23,30,33H,5,8-9,12,17-18,21-22,24-25H2,1-3H3,(H,37,41)/t33-/m0/s1. The normalized spacial score (nSPS) is 14.5. The van der Waals surface area contributed by atoms with Gasteiger partial charge < -0.3 is 10.2 Å². The molecular weight excluding hydrogens is 594 g/mol. The molecule has 4 rings (SSSR count). The number of hydrogen-bond acceptors (Lipinski definition) is 4. The van der Waals surface area contributed by atoms with E-state index < -0.39 is 16.1 Å². The van der Waals surface area contributed by atoms with Crippen LogP contribution in [0.5, 0.6) is 0 Å². The zero-order valence-corrected chi connectivity index (χ0v) is 27.5. The SMILES string of the molecule is Cc1cccc(CN(C(=O)CCCN(c2cccc(Cl)c2C)S(C)(=O)=O)[C@@H](Cc2ccccc2)C(=O)NC2CCCCC2)c1. The van der Waals surface area contributed by atoms with Gasteiger partial charge in [0, 0.05) is 37.0 Å². The first-order chi connectivity index (χ1) is 21.0. The van der Waals surface area contributed by atoms with E-state index in [9.17, 15) is 18.0 Å². The van der Waals surface area contributed by atoms with Crippen molar-refractivity contribution in [2.24, 2.45) is 0 Å². The van der Waals surface area contributed by atoms with E-state index in [-0.39, 0.29) is 43.8 Å². The van der Waals surface area contributed by atoms with E-state index in [0.717, 1.165) is 48.6 Å². The van der Waals surface area contributed by atoms with Crippen molar-refractivity contribution in [3.05, 3.63) is 100 Å². The van der Waals surface area contributed by atoms with E-state index in [0.29, 0.717) is 22.7 Å². The van der Waals surface area contributed by atoms with Crippen molar-refractivity contribution >= 4 is 39.1 Å². The van der Waals surface area contributed by atoms with Crippen LogP contribution in [0.25, 0.3) is 0 Å². The summed E-state index contributed by atoms with van der Waals surface area (Å²) in [5.74, 6) is -0.337. The lowest BCUT2D eigenvalue weighted by atomic mass is 9.94. The van der Waals surface area contributed by atoms with Gasteiger partial charge in [-0.3, -0.25) is 13.9 Å². The fourth-order valence-corrected chi connectivity index (χ4v) is 7.14. The van der Waals surface area contributed by atoms with Gasteiger partial charge in [0.05, 0.1) is 11.9 Å². The molecule has 0 unspecified atom stereocenters. The Morgan fingerprint density at radius 3 is 2.30 bits per heavy atom. The van der Waals surface area contributed by atoms with Crippen molar-refractivity contribution < 1.29 is 18.0 Å². The molecule has 3 aromatic rings. The number of rotatable bonds is 13. The lowest BCUT2D eigenvalue weighted by molar-refractivity contribution is -0.141. The quantitative estimate of drug-likeness (QED) is 0.229. The van der Waals surface area contributed by atoms with E-state index in [4.69, 9.17) is 11.6 Å². The summed E-state index contributed by atoms with van der Waals surface area (Å²) in [5, 5.41) is 3.74. The second-order valence-corrected chi connectivity index (χ2v) is 14.2. The third-order valence-electron chi connectivity index (χ3n) is 8.32. The van der Waals surface area contributed by atoms with Gasteiger partial charge in [0.15, 0.2) is 0 Å². The minimum atomic E-state index is -3.63. The van der Waals surface area contributed by atoms with Gasteiger partial charge in [-0.1, -0.05) is 97.1 Å². The Kier molecular flexibility index (Phi) is 11.9. The molecule has 236 valence electrons. The molecule has 0 saturated heterocycles. The number of anilines is 1. The first kappa shape index (κ1) is 33.5. The molecule has 0 spiro atoms. The molecule has 7 nitrogen and oxygen atoms in total. The summed E-state index contributed by atoms with van der Waals surface area (Å²) in [5.41, 5.74) is 4.14. The number of halogens is 1. The molecule has 0 aromatic heterocycles. The second-order valence-electron chi connectivity index (χ2n) is 11.9. The Morgan fingerprint density at radius 2 is 1.61 bits per heavy atom. The number of nitrogens with zero attached hydrogens (tertiary/aromatic N) is 2. The smallest absolute Gasteiger partial charge is 0.243 e. The van der Waals surface area contributed by atoms with Crippen molar-refractivity contribution in [2.75, 3.05) is 17.1 Å². The van der Waals surface area contributed by atoms with Crippen molar-refractivity contribution in [3.8, 4) is 0 Å². The number of aryl methyl sites for hydroxylation is 1. The van der Waals surface area contributed by atoms with Crippen molar-refractivity contribution in [1.82, 2.24) is 10.2 Å². The molecule has 3 aromatic carbocycles. The highest BCUT2D eigenvalue weighted by atomic mass is 35.5. The van der Waals surface area contributed by atoms with Crippen LogP contribution in [0.15, 0.2) is 72.8 Å². The average molecular weight is 638 g/mol. The Hall–Kier alpha value is -3.36. The monoisotopic (exact) mass is 637 g/mol. The predicted octanol–water partition coefficient (Wildman–Crippen LogP) is 6.59. The first-order valence-corrected chi connectivity index (χ1v) is 17.7. The zero-order valence-electron chi connectivity index (χ0n) is 26.0. The number of sulfonamides is 1. The van der Waals surface area contributed by atoms with Gasteiger partial charge in [-0.05, 0) is 61.9 Å². The lowest BCUT2D eigenvalue weighted by Gasteiger charge is -2.34. The maximum Gasteiger partial charge on any atom is 0.243 e. The van der Waals surface area contributed by atoms with Gasteiger partial charge in [-0.2, -0.15) is 0 Å². The molecule has 0 heterocycles. The van der Waals surface area contributed by atoms with Crippen LogP contribution >= 0.6 is 11.6 Å². The Labute approximate surface area is 267 Å². The summed E-state index contributed by atoms with van der Waals surface area (Å²) in [6.45, 7) is 4.18. The number of hydrogen-bond donors (Lipinski definition) is 1. The Balaban J connectivity index is 1.60. The topological polar surface area (TPSA) is 86.8 Å². The van der Waals surface area contributed by atoms with Gasteiger partial charge >= 0.3 is 0 Å². The lowest BCUT2D eigenvalue weighted by Crippen LogP contribution is -2.53. The van der Waals surface area contributed by atoms with Crippen LogP contribution in [0.2, 0.25) is 5.02 Å². The van der Waals surface area contributed by atoms with Crippen LogP contribution in [0.4, 0.5) is 5.69 Å².